The molecule has 4 heteroatoms. The van der Waals surface area contributed by atoms with Crippen LogP contribution in [0.15, 0.2) is 119 Å². The van der Waals surface area contributed by atoms with Crippen molar-refractivity contribution in [3.05, 3.63) is 109 Å². The first kappa shape index (κ1) is 29.2. The van der Waals surface area contributed by atoms with Crippen LogP contribution in [0.4, 0.5) is 11.4 Å². The Morgan fingerprint density at radius 3 is 1.22 bits per heavy atom. The second-order valence-corrected chi connectivity index (χ2v) is 13.9. The molecule has 2 heterocycles. The Morgan fingerprint density at radius 1 is 0.413 bits per heavy atom. The summed E-state index contributed by atoms with van der Waals surface area (Å²) < 4.78 is 0. The number of rotatable bonds is 7. The molecule has 4 aliphatic rings. The van der Waals surface area contributed by atoms with Crippen molar-refractivity contribution in [2.75, 3.05) is 22.9 Å². The predicted octanol–water partition coefficient (Wildman–Crippen LogP) is 10.1. The standard InChI is InChI=1S/C42H46N4/c1-5-15-31(16-6-1)35-23-13-25-37(27-35)45-29-39(33-19-9-3-10-20-33)43-41(45)42-44-40(34-21-11-4-12-22-34)30-46(42)38-26-14-24-36(28-38)32-17-7-2-8-18-32/h1-2,5-8,13-18,23-28,33-34,39-40H,3-4,9-12,19-22,29-30H2/t39-,40+. The van der Waals surface area contributed by atoms with Crippen molar-refractivity contribution in [1.29, 1.82) is 0 Å². The molecule has 2 fully saturated rings. The van der Waals surface area contributed by atoms with Gasteiger partial charge in [-0.25, -0.2) is 0 Å². The maximum Gasteiger partial charge on any atom is 0.172 e. The quantitative estimate of drug-likeness (QED) is 0.210. The summed E-state index contributed by atoms with van der Waals surface area (Å²) in [5.41, 5.74) is 7.45. The normalized spacial score (nSPS) is 22.6. The van der Waals surface area contributed by atoms with E-state index < -0.39 is 0 Å². The molecule has 0 unspecified atom stereocenters. The molecule has 0 amide bonds. The van der Waals surface area contributed by atoms with Gasteiger partial charge in [0.15, 0.2) is 11.7 Å². The Labute approximate surface area is 274 Å². The van der Waals surface area contributed by atoms with Gasteiger partial charge in [-0.2, -0.15) is 0 Å². The van der Waals surface area contributed by atoms with Gasteiger partial charge >= 0.3 is 0 Å². The Morgan fingerprint density at radius 2 is 0.804 bits per heavy atom. The van der Waals surface area contributed by atoms with Crippen molar-refractivity contribution < 1.29 is 0 Å². The molecule has 2 aliphatic carbocycles. The van der Waals surface area contributed by atoms with Gasteiger partial charge in [-0.3, -0.25) is 9.98 Å². The zero-order chi connectivity index (χ0) is 30.7. The van der Waals surface area contributed by atoms with E-state index in [2.05, 4.69) is 119 Å². The highest BCUT2D eigenvalue weighted by Gasteiger charge is 2.41. The minimum Gasteiger partial charge on any atom is -0.321 e. The van der Waals surface area contributed by atoms with E-state index in [4.69, 9.17) is 9.98 Å². The van der Waals surface area contributed by atoms with Gasteiger partial charge in [-0.1, -0.05) is 123 Å². The fourth-order valence-electron chi connectivity index (χ4n) is 8.41. The highest BCUT2D eigenvalue weighted by Crippen LogP contribution is 2.38. The van der Waals surface area contributed by atoms with Gasteiger partial charge in [0.25, 0.3) is 0 Å². The van der Waals surface area contributed by atoms with Crippen LogP contribution in [-0.2, 0) is 0 Å². The number of aliphatic imine (C=N–C) groups is 2. The summed E-state index contributed by atoms with van der Waals surface area (Å²) in [7, 11) is 0. The van der Waals surface area contributed by atoms with E-state index in [-0.39, 0.29) is 0 Å². The van der Waals surface area contributed by atoms with Gasteiger partial charge in [0.05, 0.1) is 12.1 Å². The first-order valence-electron chi connectivity index (χ1n) is 17.8. The predicted molar refractivity (Wildman–Crippen MR) is 194 cm³/mol. The highest BCUT2D eigenvalue weighted by atomic mass is 15.4. The molecule has 2 atom stereocenters. The van der Waals surface area contributed by atoms with E-state index in [1.54, 1.807) is 0 Å². The van der Waals surface area contributed by atoms with Crippen LogP contribution in [-0.4, -0.2) is 36.8 Å². The van der Waals surface area contributed by atoms with E-state index >= 15 is 0 Å². The van der Waals surface area contributed by atoms with E-state index in [1.165, 1.54) is 97.8 Å². The molecular formula is C42H46N4. The average Bonchev–Trinajstić information content (AvgIpc) is 3.79. The molecule has 0 aromatic heterocycles. The largest absolute Gasteiger partial charge is 0.321 e. The summed E-state index contributed by atoms with van der Waals surface area (Å²) in [6, 6.07) is 40.3. The number of amidine groups is 2. The monoisotopic (exact) mass is 606 g/mol. The Bertz CT molecular complexity index is 1550. The average molecular weight is 607 g/mol. The molecular weight excluding hydrogens is 560 g/mol. The smallest absolute Gasteiger partial charge is 0.172 e. The zero-order valence-corrected chi connectivity index (χ0v) is 27.0. The maximum atomic E-state index is 5.66. The summed E-state index contributed by atoms with van der Waals surface area (Å²) in [4.78, 5) is 16.4. The summed E-state index contributed by atoms with van der Waals surface area (Å²) in [6.45, 7) is 1.87. The van der Waals surface area contributed by atoms with Crippen molar-refractivity contribution in [1.82, 2.24) is 0 Å². The Kier molecular flexibility index (Phi) is 8.44. The van der Waals surface area contributed by atoms with Gasteiger partial charge in [0.1, 0.15) is 0 Å². The van der Waals surface area contributed by atoms with Crippen molar-refractivity contribution in [3.63, 3.8) is 0 Å². The molecule has 234 valence electrons. The van der Waals surface area contributed by atoms with Crippen molar-refractivity contribution >= 4 is 23.0 Å². The van der Waals surface area contributed by atoms with Gasteiger partial charge in [-0.15, -0.1) is 0 Å². The van der Waals surface area contributed by atoms with Gasteiger partial charge in [-0.05, 0) is 84.0 Å². The Balaban J connectivity index is 1.20. The lowest BCUT2D eigenvalue weighted by molar-refractivity contribution is 0.315. The van der Waals surface area contributed by atoms with Crippen molar-refractivity contribution in [3.8, 4) is 22.3 Å². The molecule has 0 spiro atoms. The second kappa shape index (κ2) is 13.3. The number of anilines is 2. The fraction of sp³-hybridized carbons (Fsp3) is 0.381. The first-order valence-corrected chi connectivity index (χ1v) is 17.8. The van der Waals surface area contributed by atoms with E-state index in [0.717, 1.165) is 24.8 Å². The molecule has 4 aromatic rings. The van der Waals surface area contributed by atoms with Crippen molar-refractivity contribution in [2.45, 2.75) is 76.3 Å². The van der Waals surface area contributed by atoms with Gasteiger partial charge in [0, 0.05) is 24.5 Å². The molecule has 0 radical (unpaired) electrons. The van der Waals surface area contributed by atoms with Crippen LogP contribution in [0, 0.1) is 11.8 Å². The Hall–Kier alpha value is -4.18. The molecule has 8 rings (SSSR count). The third-order valence-electron chi connectivity index (χ3n) is 10.9. The minimum atomic E-state index is 0.310. The first-order chi connectivity index (χ1) is 22.8. The summed E-state index contributed by atoms with van der Waals surface area (Å²) in [6.07, 6.45) is 13.2. The third-order valence-corrected chi connectivity index (χ3v) is 10.9. The van der Waals surface area contributed by atoms with Crippen LogP contribution >= 0.6 is 0 Å². The maximum absolute atomic E-state index is 5.66. The molecule has 46 heavy (non-hydrogen) atoms. The molecule has 4 nitrogen and oxygen atoms in total. The lowest BCUT2D eigenvalue weighted by Gasteiger charge is -2.29. The fourth-order valence-corrected chi connectivity index (χ4v) is 8.41. The summed E-state index contributed by atoms with van der Waals surface area (Å²) in [5, 5.41) is 0. The highest BCUT2D eigenvalue weighted by molar-refractivity contribution is 6.50. The topological polar surface area (TPSA) is 31.2 Å². The molecule has 0 N–H and O–H groups in total. The summed E-state index contributed by atoms with van der Waals surface area (Å²) >= 11 is 0. The van der Waals surface area contributed by atoms with Crippen LogP contribution < -0.4 is 9.80 Å². The molecule has 0 bridgehead atoms. The minimum absolute atomic E-state index is 0.310. The number of nitrogens with zero attached hydrogens (tertiary/aromatic N) is 4. The SMILES string of the molecule is c1ccc(-c2cccc(N3C[C@@H](C4CCCCC4)N=C3C3=N[C@@H](C4CCCCC4)CN3c3cccc(-c4ccccc4)c3)c2)cc1. The summed E-state index contributed by atoms with van der Waals surface area (Å²) in [5.74, 6) is 3.45. The van der Waals surface area contributed by atoms with Crippen LogP contribution in [0.25, 0.3) is 22.3 Å². The van der Waals surface area contributed by atoms with Gasteiger partial charge < -0.3 is 9.80 Å². The second-order valence-electron chi connectivity index (χ2n) is 13.9. The van der Waals surface area contributed by atoms with E-state index in [1.807, 2.05) is 0 Å². The van der Waals surface area contributed by atoms with Crippen LogP contribution in [0.3, 0.4) is 0 Å². The molecule has 2 aliphatic heterocycles. The molecule has 0 saturated heterocycles. The van der Waals surface area contributed by atoms with E-state index in [9.17, 15) is 0 Å². The lowest BCUT2D eigenvalue weighted by atomic mass is 9.84. The van der Waals surface area contributed by atoms with Crippen LogP contribution in [0.5, 0.6) is 0 Å². The van der Waals surface area contributed by atoms with Crippen molar-refractivity contribution in [2.24, 2.45) is 21.8 Å². The number of hydrogen-bond acceptors (Lipinski definition) is 4. The van der Waals surface area contributed by atoms with Crippen LogP contribution in [0.2, 0.25) is 0 Å². The van der Waals surface area contributed by atoms with Crippen LogP contribution in [0.1, 0.15) is 64.2 Å². The van der Waals surface area contributed by atoms with Gasteiger partial charge in [0.2, 0.25) is 0 Å². The third kappa shape index (κ3) is 6.02. The number of hydrogen-bond donors (Lipinski definition) is 0. The molecule has 2 saturated carbocycles. The lowest BCUT2D eigenvalue weighted by Crippen LogP contribution is -2.42. The number of benzene rings is 4. The zero-order valence-electron chi connectivity index (χ0n) is 27.0. The molecule has 4 aromatic carbocycles. The van der Waals surface area contributed by atoms with E-state index in [0.29, 0.717) is 23.9 Å².